The van der Waals surface area contributed by atoms with Gasteiger partial charge in [-0.1, -0.05) is 6.92 Å². The molecule has 0 saturated heterocycles. The molecule has 0 aromatic heterocycles. The minimum absolute atomic E-state index is 0. The van der Waals surface area contributed by atoms with Gasteiger partial charge in [-0.15, -0.1) is 0 Å². The molecule has 0 saturated carbocycles. The number of hydrogen-bond donors (Lipinski definition) is 0. The van der Waals surface area contributed by atoms with Crippen molar-refractivity contribution in [3.05, 3.63) is 14.4 Å². The summed E-state index contributed by atoms with van der Waals surface area (Å²) in [5, 5.41) is 0. The molecule has 0 aliphatic heterocycles. The second-order valence-electron chi connectivity index (χ2n) is 1.40. The van der Waals surface area contributed by atoms with E-state index in [2.05, 4.69) is 32.8 Å². The molecule has 57 valence electrons. The maximum Gasteiger partial charge on any atom is 0 e. The van der Waals surface area contributed by atoms with Crippen molar-refractivity contribution in [2.75, 3.05) is 20.6 Å². The molecule has 0 unspecified atom stereocenters. The molecule has 0 amide bonds. The predicted molar refractivity (Wildman–Crippen MR) is 41.7 cm³/mol. The van der Waals surface area contributed by atoms with Crippen LogP contribution in [-0.2, 0) is 32.7 Å². The van der Waals surface area contributed by atoms with Gasteiger partial charge in [-0.2, -0.15) is 6.92 Å². The molecule has 0 aliphatic rings. The largest absolute Gasteiger partial charge is 0.358 e. The van der Waals surface area contributed by atoms with Gasteiger partial charge in [-0.3, -0.25) is 0 Å². The summed E-state index contributed by atoms with van der Waals surface area (Å²) >= 11 is 0. The van der Waals surface area contributed by atoms with E-state index in [0.29, 0.717) is 0 Å². The molecule has 0 aromatic carbocycles. The Morgan fingerprint density at radius 1 is 1.22 bits per heavy atom. The average molecular weight is 206 g/mol. The van der Waals surface area contributed by atoms with Gasteiger partial charge in [0, 0.05) is 32.7 Å². The quantitative estimate of drug-likeness (QED) is 0.592. The van der Waals surface area contributed by atoms with Gasteiger partial charge in [0.1, 0.15) is 0 Å². The van der Waals surface area contributed by atoms with Crippen LogP contribution in [0.5, 0.6) is 0 Å². The fraction of sp³-hybridized carbons (Fsp3) is 0.714. The molecule has 0 heterocycles. The van der Waals surface area contributed by atoms with Crippen LogP contribution in [0, 0.1) is 14.4 Å². The number of rotatable bonds is 1. The van der Waals surface area contributed by atoms with E-state index in [9.17, 15) is 0 Å². The third-order valence-electron chi connectivity index (χ3n) is 0.632. The van der Waals surface area contributed by atoms with E-state index in [-0.39, 0.29) is 40.1 Å². The van der Waals surface area contributed by atoms with E-state index in [4.69, 9.17) is 0 Å². The third-order valence-corrected chi connectivity index (χ3v) is 0.632. The van der Waals surface area contributed by atoms with Crippen molar-refractivity contribution >= 4 is 0 Å². The van der Waals surface area contributed by atoms with Crippen molar-refractivity contribution in [3.8, 4) is 0 Å². The van der Waals surface area contributed by atoms with Crippen molar-refractivity contribution in [1.82, 2.24) is 4.90 Å². The summed E-state index contributed by atoms with van der Waals surface area (Å²) in [6.45, 7) is 8.26. The molecule has 0 aliphatic carbocycles. The van der Waals surface area contributed by atoms with Crippen molar-refractivity contribution in [2.45, 2.75) is 13.8 Å². The first-order chi connectivity index (χ1) is 3.27. The summed E-state index contributed by atoms with van der Waals surface area (Å²) in [5.41, 5.74) is 0. The van der Waals surface area contributed by atoms with Crippen LogP contribution in [0.2, 0.25) is 0 Å². The summed E-state index contributed by atoms with van der Waals surface area (Å²) in [6, 6.07) is 0. The van der Waals surface area contributed by atoms with Gasteiger partial charge in [0.05, 0.1) is 0 Å². The standard InChI is InChI=1S/C4H11N.C2H5.CH3.Y/c1-4-5(2)3;1-2;;/h4H2,1-3H3;1H2,2H3;1H3;/q;2*-1;. The van der Waals surface area contributed by atoms with Gasteiger partial charge >= 0.3 is 0 Å². The first kappa shape index (κ1) is 22.5. The Bertz CT molecular complexity index is 22.9. The Labute approximate surface area is 86.1 Å². The fourth-order valence-electron chi connectivity index (χ4n) is 0. The molecule has 0 rings (SSSR count). The topological polar surface area (TPSA) is 3.24 Å². The van der Waals surface area contributed by atoms with E-state index in [0.717, 1.165) is 6.54 Å². The Kier molecular flexibility index (Phi) is 57.4. The van der Waals surface area contributed by atoms with E-state index in [1.165, 1.54) is 0 Å². The zero-order valence-electron chi connectivity index (χ0n) is 7.44. The van der Waals surface area contributed by atoms with Gasteiger partial charge in [0.2, 0.25) is 0 Å². The minimum atomic E-state index is 0. The van der Waals surface area contributed by atoms with Crippen LogP contribution in [0.25, 0.3) is 0 Å². The van der Waals surface area contributed by atoms with Crippen LogP contribution >= 0.6 is 0 Å². The summed E-state index contributed by atoms with van der Waals surface area (Å²) in [5.74, 6) is 0. The molecule has 1 nitrogen and oxygen atoms in total. The molecule has 9 heavy (non-hydrogen) atoms. The van der Waals surface area contributed by atoms with Crippen LogP contribution in [0.1, 0.15) is 13.8 Å². The van der Waals surface area contributed by atoms with E-state index in [1.54, 1.807) is 6.92 Å². The Morgan fingerprint density at radius 2 is 1.33 bits per heavy atom. The molecule has 0 aromatic rings. The van der Waals surface area contributed by atoms with E-state index in [1.807, 2.05) is 0 Å². The van der Waals surface area contributed by atoms with Crippen LogP contribution in [0.4, 0.5) is 0 Å². The first-order valence-electron chi connectivity index (χ1n) is 2.62. The summed E-state index contributed by atoms with van der Waals surface area (Å²) in [4.78, 5) is 2.12. The number of hydrogen-bond acceptors (Lipinski definition) is 1. The maximum absolute atomic E-state index is 3.25. The molecule has 0 bridgehead atoms. The minimum Gasteiger partial charge on any atom is -0.358 e. The van der Waals surface area contributed by atoms with E-state index < -0.39 is 0 Å². The Balaban J connectivity index is -0.0000000286. The van der Waals surface area contributed by atoms with Crippen LogP contribution in [0.15, 0.2) is 0 Å². The van der Waals surface area contributed by atoms with Gasteiger partial charge < -0.3 is 19.3 Å². The van der Waals surface area contributed by atoms with Crippen molar-refractivity contribution in [2.24, 2.45) is 0 Å². The molecule has 1 radical (unpaired) electrons. The van der Waals surface area contributed by atoms with Gasteiger partial charge in [-0.05, 0) is 20.6 Å². The monoisotopic (exact) mass is 206 g/mol. The van der Waals surface area contributed by atoms with E-state index >= 15 is 0 Å². The van der Waals surface area contributed by atoms with Crippen LogP contribution in [-0.4, -0.2) is 25.5 Å². The Morgan fingerprint density at radius 3 is 1.33 bits per heavy atom. The van der Waals surface area contributed by atoms with Gasteiger partial charge in [0.15, 0.2) is 0 Å². The summed E-state index contributed by atoms with van der Waals surface area (Å²) in [7, 11) is 4.11. The molecular weight excluding hydrogens is 187 g/mol. The molecule has 0 fully saturated rings. The molecule has 0 spiro atoms. The second-order valence-corrected chi connectivity index (χ2v) is 1.40. The smallest absolute Gasteiger partial charge is 0 e. The zero-order chi connectivity index (χ0) is 6.28. The van der Waals surface area contributed by atoms with Crippen molar-refractivity contribution in [3.63, 3.8) is 0 Å². The van der Waals surface area contributed by atoms with Gasteiger partial charge in [-0.25, -0.2) is 0 Å². The van der Waals surface area contributed by atoms with Crippen molar-refractivity contribution in [1.29, 1.82) is 0 Å². The molecule has 2 heteroatoms. The fourth-order valence-corrected chi connectivity index (χ4v) is 0. The SMILES string of the molecule is CCN(C)C.[CH2-]C.[CH3-].[Y]. The van der Waals surface area contributed by atoms with Crippen LogP contribution < -0.4 is 0 Å². The first-order valence-corrected chi connectivity index (χ1v) is 2.62. The maximum atomic E-state index is 3.25. The molecule has 0 atom stereocenters. The summed E-state index contributed by atoms with van der Waals surface area (Å²) < 4.78 is 0. The summed E-state index contributed by atoms with van der Waals surface area (Å²) in [6.07, 6.45) is 0. The Hall–Kier alpha value is 1.06. The van der Waals surface area contributed by atoms with Crippen LogP contribution in [0.3, 0.4) is 0 Å². The number of nitrogens with zero attached hydrogens (tertiary/aromatic N) is 1. The molecular formula is C7H19NY-2. The predicted octanol–water partition coefficient (Wildman–Crippen LogP) is 1.86. The molecule has 0 N–H and O–H groups in total. The zero-order valence-corrected chi connectivity index (χ0v) is 10.3. The normalized spacial score (nSPS) is 6.00. The average Bonchev–Trinajstić information content (AvgIpc) is 1.73. The van der Waals surface area contributed by atoms with Crippen molar-refractivity contribution < 1.29 is 32.7 Å². The third kappa shape index (κ3) is 48.2. The second kappa shape index (κ2) is 23.0. The van der Waals surface area contributed by atoms with Gasteiger partial charge in [0.25, 0.3) is 0 Å².